The first-order chi connectivity index (χ1) is 8.70. The van der Waals surface area contributed by atoms with Crippen LogP contribution in [0.1, 0.15) is 37.8 Å². The van der Waals surface area contributed by atoms with Crippen LogP contribution >= 0.6 is 0 Å². The van der Waals surface area contributed by atoms with E-state index >= 15 is 0 Å². The van der Waals surface area contributed by atoms with Crippen LogP contribution in [0.15, 0.2) is 6.20 Å². The molecule has 0 spiro atoms. The molecule has 1 aromatic heterocycles. The molecule has 2 N–H and O–H groups in total. The van der Waals surface area contributed by atoms with Gasteiger partial charge in [0, 0.05) is 32.8 Å². The Bertz CT molecular complexity index is 360. The Hall–Kier alpha value is -0.940. The minimum absolute atomic E-state index is 0.00907. The molecule has 0 saturated heterocycles. The molecule has 18 heavy (non-hydrogen) atoms. The van der Waals surface area contributed by atoms with Crippen LogP contribution in [0.25, 0.3) is 0 Å². The van der Waals surface area contributed by atoms with Gasteiger partial charge in [-0.15, -0.1) is 5.10 Å². The van der Waals surface area contributed by atoms with Gasteiger partial charge in [0.1, 0.15) is 0 Å². The molecule has 5 heteroatoms. The fraction of sp³-hybridized carbons (Fsp3) is 0.846. The van der Waals surface area contributed by atoms with Gasteiger partial charge in [-0.25, -0.2) is 0 Å². The van der Waals surface area contributed by atoms with Gasteiger partial charge < -0.3 is 10.5 Å². The van der Waals surface area contributed by atoms with E-state index in [1.807, 2.05) is 13.2 Å². The maximum Gasteiger partial charge on any atom is 0.0843 e. The van der Waals surface area contributed by atoms with Crippen molar-refractivity contribution in [3.8, 4) is 0 Å². The number of aromatic nitrogens is 3. The zero-order valence-corrected chi connectivity index (χ0v) is 11.4. The summed E-state index contributed by atoms with van der Waals surface area (Å²) in [6.45, 7) is 0. The summed E-state index contributed by atoms with van der Waals surface area (Å²) in [7, 11) is 3.65. The second kappa shape index (κ2) is 6.29. The fourth-order valence-corrected chi connectivity index (χ4v) is 3.03. The summed E-state index contributed by atoms with van der Waals surface area (Å²) in [5.74, 6) is 0.607. The van der Waals surface area contributed by atoms with Crippen LogP contribution in [-0.2, 0) is 18.2 Å². The third-order valence-corrected chi connectivity index (χ3v) is 3.90. The lowest BCUT2D eigenvalue weighted by Gasteiger charge is -2.32. The lowest BCUT2D eigenvalue weighted by Crippen LogP contribution is -2.43. The Morgan fingerprint density at radius 3 is 2.72 bits per heavy atom. The van der Waals surface area contributed by atoms with Gasteiger partial charge in [-0.2, -0.15) is 0 Å². The molecule has 0 aromatic carbocycles. The summed E-state index contributed by atoms with van der Waals surface area (Å²) in [5, 5.41) is 8.03. The van der Waals surface area contributed by atoms with Gasteiger partial charge in [0.05, 0.1) is 11.8 Å². The highest BCUT2D eigenvalue weighted by molar-refractivity contribution is 4.98. The first kappa shape index (κ1) is 13.5. The van der Waals surface area contributed by atoms with E-state index in [2.05, 4.69) is 10.3 Å². The number of methoxy groups -OCH3 is 1. The van der Waals surface area contributed by atoms with Gasteiger partial charge in [0.15, 0.2) is 0 Å². The molecule has 1 saturated carbocycles. The number of rotatable bonds is 5. The summed E-state index contributed by atoms with van der Waals surface area (Å²) in [6.07, 6.45) is 9.26. The van der Waals surface area contributed by atoms with Crippen molar-refractivity contribution < 1.29 is 4.74 Å². The van der Waals surface area contributed by atoms with Crippen molar-refractivity contribution in [3.05, 3.63) is 11.9 Å². The van der Waals surface area contributed by atoms with Gasteiger partial charge in [-0.05, 0) is 18.8 Å². The van der Waals surface area contributed by atoms with Crippen molar-refractivity contribution in [3.63, 3.8) is 0 Å². The third kappa shape index (κ3) is 3.29. The molecule has 1 heterocycles. The summed E-state index contributed by atoms with van der Waals surface area (Å²) in [4.78, 5) is 0. The normalized spacial score (nSPS) is 20.8. The van der Waals surface area contributed by atoms with Crippen molar-refractivity contribution in [2.24, 2.45) is 18.7 Å². The average Bonchev–Trinajstić information content (AvgIpc) is 2.77. The van der Waals surface area contributed by atoms with Gasteiger partial charge in [-0.3, -0.25) is 4.68 Å². The number of nitrogens with zero attached hydrogens (tertiary/aromatic N) is 3. The highest BCUT2D eigenvalue weighted by atomic mass is 16.5. The smallest absolute Gasteiger partial charge is 0.0843 e. The Labute approximate surface area is 109 Å². The van der Waals surface area contributed by atoms with Crippen molar-refractivity contribution in [2.75, 3.05) is 7.11 Å². The predicted molar refractivity (Wildman–Crippen MR) is 70.1 cm³/mol. The van der Waals surface area contributed by atoms with E-state index in [-0.39, 0.29) is 12.1 Å². The number of nitrogens with two attached hydrogens (primary N) is 1. The molecule has 1 fully saturated rings. The number of ether oxygens (including phenoxy) is 1. The highest BCUT2D eigenvalue weighted by Gasteiger charge is 2.29. The van der Waals surface area contributed by atoms with Gasteiger partial charge >= 0.3 is 0 Å². The SMILES string of the molecule is COC(C(N)Cc1cn(C)nn1)C1CCCCC1. The molecule has 2 rings (SSSR count). The van der Waals surface area contributed by atoms with Crippen LogP contribution in [0.4, 0.5) is 0 Å². The number of hydrogen-bond donors (Lipinski definition) is 1. The van der Waals surface area contributed by atoms with E-state index < -0.39 is 0 Å². The van der Waals surface area contributed by atoms with Crippen LogP contribution < -0.4 is 5.73 Å². The lowest BCUT2D eigenvalue weighted by atomic mass is 9.82. The first-order valence-corrected chi connectivity index (χ1v) is 6.84. The van der Waals surface area contributed by atoms with Crippen LogP contribution in [0.5, 0.6) is 0 Å². The zero-order valence-electron chi connectivity index (χ0n) is 11.4. The van der Waals surface area contributed by atoms with Gasteiger partial charge in [0.2, 0.25) is 0 Å². The lowest BCUT2D eigenvalue weighted by molar-refractivity contribution is 0.0177. The molecule has 0 amide bonds. The molecular weight excluding hydrogens is 228 g/mol. The third-order valence-electron chi connectivity index (χ3n) is 3.90. The Morgan fingerprint density at radius 2 is 2.17 bits per heavy atom. The van der Waals surface area contributed by atoms with Gasteiger partial charge in [-0.1, -0.05) is 24.5 Å². The summed E-state index contributed by atoms with van der Waals surface area (Å²) in [6, 6.07) is 0.00907. The first-order valence-electron chi connectivity index (χ1n) is 6.84. The molecular formula is C13H24N4O. The standard InChI is InChI=1S/C13H24N4O/c1-17-9-11(15-16-17)8-12(14)13(18-2)10-6-4-3-5-7-10/h9-10,12-13H,3-8,14H2,1-2H3. The van der Waals surface area contributed by atoms with Gasteiger partial charge in [0.25, 0.3) is 0 Å². The zero-order chi connectivity index (χ0) is 13.0. The maximum atomic E-state index is 6.30. The second-order valence-corrected chi connectivity index (χ2v) is 5.35. The Balaban J connectivity index is 1.93. The molecule has 0 bridgehead atoms. The topological polar surface area (TPSA) is 66.0 Å². The summed E-state index contributed by atoms with van der Waals surface area (Å²) >= 11 is 0. The number of hydrogen-bond acceptors (Lipinski definition) is 4. The molecule has 2 unspecified atom stereocenters. The monoisotopic (exact) mass is 252 g/mol. The molecule has 2 atom stereocenters. The molecule has 1 aromatic rings. The van der Waals surface area contributed by atoms with Crippen LogP contribution in [0.3, 0.4) is 0 Å². The van der Waals surface area contributed by atoms with Crippen LogP contribution in [0.2, 0.25) is 0 Å². The summed E-state index contributed by atoms with van der Waals surface area (Å²) < 4.78 is 7.36. The van der Waals surface area contributed by atoms with Crippen molar-refractivity contribution in [2.45, 2.75) is 50.7 Å². The Kier molecular flexibility index (Phi) is 4.72. The molecule has 0 radical (unpaired) electrons. The number of aryl methyl sites for hydroxylation is 1. The Morgan fingerprint density at radius 1 is 1.44 bits per heavy atom. The minimum atomic E-state index is 0.00907. The molecule has 5 nitrogen and oxygen atoms in total. The molecule has 1 aliphatic carbocycles. The maximum absolute atomic E-state index is 6.30. The highest BCUT2D eigenvalue weighted by Crippen LogP contribution is 2.29. The van der Waals surface area contributed by atoms with Crippen LogP contribution in [0, 0.1) is 5.92 Å². The fourth-order valence-electron chi connectivity index (χ4n) is 3.03. The molecule has 1 aliphatic rings. The quantitative estimate of drug-likeness (QED) is 0.857. The van der Waals surface area contributed by atoms with Crippen molar-refractivity contribution in [1.82, 2.24) is 15.0 Å². The van der Waals surface area contributed by atoms with E-state index in [1.54, 1.807) is 11.8 Å². The summed E-state index contributed by atoms with van der Waals surface area (Å²) in [5.41, 5.74) is 7.25. The van der Waals surface area contributed by atoms with E-state index in [0.29, 0.717) is 5.92 Å². The van der Waals surface area contributed by atoms with Crippen molar-refractivity contribution in [1.29, 1.82) is 0 Å². The largest absolute Gasteiger partial charge is 0.380 e. The van der Waals surface area contributed by atoms with Crippen LogP contribution in [-0.4, -0.2) is 34.2 Å². The minimum Gasteiger partial charge on any atom is -0.380 e. The van der Waals surface area contributed by atoms with E-state index in [9.17, 15) is 0 Å². The average molecular weight is 252 g/mol. The van der Waals surface area contributed by atoms with E-state index in [0.717, 1.165) is 12.1 Å². The molecule has 0 aliphatic heterocycles. The van der Waals surface area contributed by atoms with E-state index in [1.165, 1.54) is 32.1 Å². The molecule has 102 valence electrons. The van der Waals surface area contributed by atoms with E-state index in [4.69, 9.17) is 10.5 Å². The second-order valence-electron chi connectivity index (χ2n) is 5.35. The van der Waals surface area contributed by atoms with Crippen molar-refractivity contribution >= 4 is 0 Å². The predicted octanol–water partition coefficient (Wildman–Crippen LogP) is 1.28.